The number of nitrogens with two attached hydrogens (primary N) is 1. The smallest absolute Gasteiger partial charge is 0.285 e. The fourth-order valence-electron chi connectivity index (χ4n) is 1.78. The Balaban J connectivity index is 3.17. The van der Waals surface area contributed by atoms with E-state index in [1.165, 1.54) is 18.2 Å². The first-order chi connectivity index (χ1) is 10.8. The van der Waals surface area contributed by atoms with Crippen molar-refractivity contribution in [3.63, 3.8) is 0 Å². The van der Waals surface area contributed by atoms with Gasteiger partial charge in [0, 0.05) is 11.8 Å². The first kappa shape index (κ1) is 20.1. The number of nitrogens with one attached hydrogen (secondary N) is 1. The van der Waals surface area contributed by atoms with Gasteiger partial charge in [-0.3, -0.25) is 4.79 Å². The monoisotopic (exact) mass is 377 g/mol. The van der Waals surface area contributed by atoms with Gasteiger partial charge in [0.2, 0.25) is 5.96 Å². The number of guanidine groups is 1. The summed E-state index contributed by atoms with van der Waals surface area (Å²) in [6.45, 7) is 3.65. The average Bonchev–Trinajstić information content (AvgIpc) is 2.42. The molecule has 0 heterocycles. The summed E-state index contributed by atoms with van der Waals surface area (Å²) in [5, 5.41) is 0. The molecule has 0 aliphatic heterocycles. The molecule has 1 amide bonds. The molecule has 0 fully saturated rings. The van der Waals surface area contributed by atoms with E-state index < -0.39 is 31.8 Å². The van der Waals surface area contributed by atoms with E-state index in [1.807, 2.05) is 13.8 Å². The third-order valence-corrected chi connectivity index (χ3v) is 4.34. The van der Waals surface area contributed by atoms with Gasteiger partial charge in [0.05, 0.1) is 11.2 Å². The number of rotatable bonds is 5. The van der Waals surface area contributed by atoms with E-state index >= 15 is 0 Å². The third kappa shape index (κ3) is 5.91. The molecule has 3 N–H and O–H groups in total. The molecule has 1 aromatic rings. The quantitative estimate of drug-likeness (QED) is 0.419. The molecule has 1 aromatic carbocycles. The molecule has 24 heavy (non-hydrogen) atoms. The molecule has 0 atom stereocenters. The van der Waals surface area contributed by atoms with Crippen molar-refractivity contribution in [2.45, 2.75) is 24.7 Å². The molecule has 0 spiro atoms. The average molecular weight is 377 g/mol. The van der Waals surface area contributed by atoms with Gasteiger partial charge in [0.25, 0.3) is 16.0 Å². The van der Waals surface area contributed by atoms with Gasteiger partial charge in [-0.2, -0.15) is 13.4 Å². The lowest BCUT2D eigenvalue weighted by Crippen LogP contribution is -2.34. The topological polar surface area (TPSA) is 145 Å². The number of benzene rings is 1. The molecule has 0 aromatic heterocycles. The zero-order valence-corrected chi connectivity index (χ0v) is 15.2. The highest BCUT2D eigenvalue weighted by molar-refractivity contribution is 7.90. The second-order valence-electron chi connectivity index (χ2n) is 5.37. The van der Waals surface area contributed by atoms with Gasteiger partial charge >= 0.3 is 0 Å². The van der Waals surface area contributed by atoms with Gasteiger partial charge in [-0.15, -0.1) is 4.28 Å². The zero-order valence-electron chi connectivity index (χ0n) is 13.6. The summed E-state index contributed by atoms with van der Waals surface area (Å²) in [5.41, 5.74) is 7.69. The van der Waals surface area contributed by atoms with Crippen molar-refractivity contribution < 1.29 is 25.9 Å². The van der Waals surface area contributed by atoms with Crippen LogP contribution >= 0.6 is 0 Å². The molecular weight excluding hydrogens is 358 g/mol. The van der Waals surface area contributed by atoms with E-state index in [2.05, 4.69) is 9.28 Å². The predicted molar refractivity (Wildman–Crippen MR) is 88.7 cm³/mol. The number of hydroxylamine groups is 1. The first-order valence-corrected chi connectivity index (χ1v) is 10.4. The SMILES string of the molecule is CC(C)c1ccc(C(=O)N=C(N)NOS(C)(=O)=O)cc1S(C)(=O)=O. The first-order valence-electron chi connectivity index (χ1n) is 6.68. The molecular formula is C13H19N3O6S2. The molecule has 0 aliphatic carbocycles. The van der Waals surface area contributed by atoms with Crippen LogP contribution in [0.5, 0.6) is 0 Å². The number of sulfone groups is 1. The summed E-state index contributed by atoms with van der Waals surface area (Å²) in [6, 6.07) is 4.15. The Morgan fingerprint density at radius 1 is 1.21 bits per heavy atom. The Bertz CT molecular complexity index is 873. The lowest BCUT2D eigenvalue weighted by atomic mass is 10.0. The van der Waals surface area contributed by atoms with Crippen LogP contribution in [0.2, 0.25) is 0 Å². The summed E-state index contributed by atoms with van der Waals surface area (Å²) in [6.07, 6.45) is 1.82. The van der Waals surface area contributed by atoms with Crippen molar-refractivity contribution in [3.8, 4) is 0 Å². The molecule has 11 heteroatoms. The van der Waals surface area contributed by atoms with Crippen molar-refractivity contribution in [3.05, 3.63) is 29.3 Å². The Hall–Kier alpha value is -1.98. The van der Waals surface area contributed by atoms with Crippen LogP contribution in [0.15, 0.2) is 28.1 Å². The highest BCUT2D eigenvalue weighted by Gasteiger charge is 2.18. The fraction of sp³-hybridized carbons (Fsp3) is 0.385. The van der Waals surface area contributed by atoms with Crippen molar-refractivity contribution in [1.29, 1.82) is 0 Å². The minimum absolute atomic E-state index is 0.0102. The number of carbonyl (C=O) groups excluding carboxylic acids is 1. The van der Waals surface area contributed by atoms with Gasteiger partial charge in [-0.25, -0.2) is 13.9 Å². The molecule has 134 valence electrons. The lowest BCUT2D eigenvalue weighted by Gasteiger charge is -2.12. The van der Waals surface area contributed by atoms with Crippen LogP contribution in [0.4, 0.5) is 0 Å². The number of hydrogen-bond acceptors (Lipinski definition) is 6. The third-order valence-electron chi connectivity index (χ3n) is 2.80. The van der Waals surface area contributed by atoms with Crippen molar-refractivity contribution >= 4 is 31.8 Å². The van der Waals surface area contributed by atoms with E-state index in [0.29, 0.717) is 5.56 Å². The number of aliphatic imine (C=N–C) groups is 1. The van der Waals surface area contributed by atoms with Crippen LogP contribution in [-0.2, 0) is 24.2 Å². The Morgan fingerprint density at radius 3 is 2.25 bits per heavy atom. The normalized spacial score (nSPS) is 13.1. The van der Waals surface area contributed by atoms with Gasteiger partial charge in [-0.1, -0.05) is 19.9 Å². The van der Waals surface area contributed by atoms with Crippen LogP contribution < -0.4 is 11.2 Å². The standard InChI is InChI=1S/C13H19N3O6S2/c1-8(2)10-6-5-9(7-11(10)23(3,18)19)12(17)15-13(14)16-22-24(4,20)21/h5-8H,1-4H3,(H3,14,15,16,17). The van der Waals surface area contributed by atoms with Crippen molar-refractivity contribution in [1.82, 2.24) is 5.48 Å². The summed E-state index contributed by atoms with van der Waals surface area (Å²) >= 11 is 0. The highest BCUT2D eigenvalue weighted by Crippen LogP contribution is 2.25. The maximum atomic E-state index is 12.0. The van der Waals surface area contributed by atoms with Gasteiger partial charge < -0.3 is 5.73 Å². The van der Waals surface area contributed by atoms with Gasteiger partial charge in [-0.05, 0) is 23.6 Å². The van der Waals surface area contributed by atoms with E-state index in [4.69, 9.17) is 5.73 Å². The molecule has 9 nitrogen and oxygen atoms in total. The Labute approximate surface area is 140 Å². The summed E-state index contributed by atoms with van der Waals surface area (Å²) in [7, 11) is -7.37. The largest absolute Gasteiger partial charge is 0.368 e. The van der Waals surface area contributed by atoms with Gasteiger partial charge in [0.1, 0.15) is 0 Å². The summed E-state index contributed by atoms with van der Waals surface area (Å²) in [5.74, 6) is -1.49. The number of carbonyl (C=O) groups is 1. The van der Waals surface area contributed by atoms with Crippen LogP contribution in [-0.4, -0.2) is 41.2 Å². The molecule has 0 saturated heterocycles. The van der Waals surface area contributed by atoms with E-state index in [9.17, 15) is 21.6 Å². The molecule has 0 aliphatic rings. The maximum Gasteiger partial charge on any atom is 0.285 e. The summed E-state index contributed by atoms with van der Waals surface area (Å²) in [4.78, 5) is 15.5. The zero-order chi connectivity index (χ0) is 18.7. The van der Waals surface area contributed by atoms with Gasteiger partial charge in [0.15, 0.2) is 9.84 Å². The molecule has 0 unspecified atom stereocenters. The summed E-state index contributed by atoms with van der Waals surface area (Å²) < 4.78 is 49.6. The number of amides is 1. The number of hydrogen-bond donors (Lipinski definition) is 2. The van der Waals surface area contributed by atoms with Crippen LogP contribution in [0.25, 0.3) is 0 Å². The lowest BCUT2D eigenvalue weighted by molar-refractivity contribution is 0.100. The second kappa shape index (κ2) is 7.28. The highest BCUT2D eigenvalue weighted by atomic mass is 32.2. The molecule has 1 rings (SSSR count). The van der Waals surface area contributed by atoms with E-state index in [0.717, 1.165) is 12.5 Å². The minimum atomic E-state index is -3.82. The fourth-order valence-corrected chi connectivity index (χ4v) is 3.09. The Kier molecular flexibility index (Phi) is 6.09. The van der Waals surface area contributed by atoms with Crippen LogP contribution in [0.3, 0.4) is 0 Å². The maximum absolute atomic E-state index is 12.0. The molecule has 0 radical (unpaired) electrons. The van der Waals surface area contributed by atoms with E-state index in [-0.39, 0.29) is 16.4 Å². The van der Waals surface area contributed by atoms with Crippen molar-refractivity contribution in [2.75, 3.05) is 12.5 Å². The molecule has 0 saturated carbocycles. The molecule has 0 bridgehead atoms. The number of nitrogens with zero attached hydrogens (tertiary/aromatic N) is 1. The van der Waals surface area contributed by atoms with Crippen molar-refractivity contribution in [2.24, 2.45) is 10.7 Å². The minimum Gasteiger partial charge on any atom is -0.368 e. The Morgan fingerprint density at radius 2 is 1.79 bits per heavy atom. The van der Waals surface area contributed by atoms with Crippen LogP contribution in [0.1, 0.15) is 35.7 Å². The predicted octanol–water partition coefficient (Wildman–Crippen LogP) is 0.149. The second-order valence-corrected chi connectivity index (χ2v) is 8.93. The van der Waals surface area contributed by atoms with E-state index in [1.54, 1.807) is 5.48 Å². The van der Waals surface area contributed by atoms with Crippen LogP contribution in [0, 0.1) is 0 Å².